The molecule has 1 aliphatic rings. The highest BCUT2D eigenvalue weighted by atomic mass is 35.5. The van der Waals surface area contributed by atoms with E-state index >= 15 is 0 Å². The summed E-state index contributed by atoms with van der Waals surface area (Å²) in [5.41, 5.74) is 0.681. The third-order valence-electron chi connectivity index (χ3n) is 5.35. The first-order chi connectivity index (χ1) is 14.8. The molecule has 3 rings (SSSR count). The Morgan fingerprint density at radius 1 is 1.32 bits per heavy atom. The molecule has 2 aromatic rings. The van der Waals surface area contributed by atoms with Crippen LogP contribution in [0.4, 0.5) is 5.82 Å². The van der Waals surface area contributed by atoms with Crippen LogP contribution in [0, 0.1) is 5.92 Å². The predicted molar refractivity (Wildman–Crippen MR) is 120 cm³/mol. The van der Waals surface area contributed by atoms with Crippen LogP contribution >= 0.6 is 11.6 Å². The molecular formula is C22H26ClN3O4S. The van der Waals surface area contributed by atoms with Crippen molar-refractivity contribution in [1.29, 1.82) is 0 Å². The number of rotatable bonds is 9. The highest BCUT2D eigenvalue weighted by Gasteiger charge is 2.28. The maximum absolute atomic E-state index is 13.2. The van der Waals surface area contributed by atoms with Crippen LogP contribution in [0.3, 0.4) is 0 Å². The molecule has 0 saturated heterocycles. The minimum atomic E-state index is -3.45. The van der Waals surface area contributed by atoms with Crippen LogP contribution in [0.5, 0.6) is 5.88 Å². The van der Waals surface area contributed by atoms with Crippen LogP contribution in [-0.2, 0) is 14.6 Å². The molecule has 166 valence electrons. The van der Waals surface area contributed by atoms with E-state index in [-0.39, 0.29) is 15.8 Å². The lowest BCUT2D eigenvalue weighted by molar-refractivity contribution is -0.118. The number of halogens is 1. The van der Waals surface area contributed by atoms with Crippen LogP contribution < -0.4 is 10.1 Å². The van der Waals surface area contributed by atoms with Crippen molar-refractivity contribution < 1.29 is 17.9 Å². The van der Waals surface area contributed by atoms with Crippen molar-refractivity contribution >= 4 is 33.2 Å². The van der Waals surface area contributed by atoms with Gasteiger partial charge in [-0.1, -0.05) is 56.0 Å². The second kappa shape index (κ2) is 10.2. The van der Waals surface area contributed by atoms with Gasteiger partial charge in [0.15, 0.2) is 15.7 Å². The van der Waals surface area contributed by atoms with Crippen molar-refractivity contribution in [2.45, 2.75) is 42.9 Å². The van der Waals surface area contributed by atoms with E-state index in [1.165, 1.54) is 18.5 Å². The first-order valence-electron chi connectivity index (χ1n) is 10.1. The molecule has 1 saturated carbocycles. The molecule has 1 aromatic heterocycles. The maximum atomic E-state index is 13.2. The van der Waals surface area contributed by atoms with Crippen molar-refractivity contribution in [3.8, 4) is 5.88 Å². The highest BCUT2D eigenvalue weighted by molar-refractivity contribution is 7.90. The highest BCUT2D eigenvalue weighted by Crippen LogP contribution is 2.36. The lowest BCUT2D eigenvalue weighted by Gasteiger charge is -2.21. The van der Waals surface area contributed by atoms with E-state index in [1.54, 1.807) is 18.2 Å². The summed E-state index contributed by atoms with van der Waals surface area (Å²) in [7, 11) is -3.45. The van der Waals surface area contributed by atoms with E-state index < -0.39 is 15.8 Å². The fourth-order valence-electron chi connectivity index (χ4n) is 3.82. The van der Waals surface area contributed by atoms with Gasteiger partial charge in [0.05, 0.1) is 28.2 Å². The second-order valence-electron chi connectivity index (χ2n) is 7.73. The van der Waals surface area contributed by atoms with Gasteiger partial charge in [-0.05, 0) is 30.0 Å². The van der Waals surface area contributed by atoms with Crippen molar-refractivity contribution in [1.82, 2.24) is 9.97 Å². The Bertz CT molecular complexity index is 1040. The fraction of sp³-hybridized carbons (Fsp3) is 0.409. The number of aromatic nitrogens is 2. The number of amides is 1. The molecule has 0 bridgehead atoms. The summed E-state index contributed by atoms with van der Waals surface area (Å²) in [6.45, 7) is 3.89. The minimum Gasteiger partial charge on any atom is -0.472 e. The fourth-order valence-corrected chi connectivity index (χ4v) is 5.16. The lowest BCUT2D eigenvalue weighted by atomic mass is 9.87. The van der Waals surface area contributed by atoms with Crippen LogP contribution in [0.2, 0.25) is 5.02 Å². The van der Waals surface area contributed by atoms with E-state index in [1.807, 2.05) is 0 Å². The lowest BCUT2D eigenvalue weighted by Crippen LogP contribution is -2.24. The topological polar surface area (TPSA) is 98.2 Å². The van der Waals surface area contributed by atoms with E-state index in [4.69, 9.17) is 16.3 Å². The standard InChI is InChI=1S/C22H26ClN3O4S/c1-3-10-30-21-14-24-20(13-25-21)26-22(27)17(11-15-6-4-5-7-15)16-8-9-19(18(23)12-16)31(2,28)29/h3,8-9,12-15,17H,1,4-7,10-11H2,2H3,(H,24,26,27). The molecule has 0 radical (unpaired) electrons. The molecule has 1 unspecified atom stereocenters. The molecule has 0 aliphatic heterocycles. The zero-order chi connectivity index (χ0) is 22.4. The number of carbonyl (C=O) groups excluding carboxylic acids is 1. The van der Waals surface area contributed by atoms with Crippen molar-refractivity contribution in [2.24, 2.45) is 5.92 Å². The van der Waals surface area contributed by atoms with Crippen molar-refractivity contribution in [3.05, 3.63) is 53.8 Å². The summed E-state index contributed by atoms with van der Waals surface area (Å²) in [5.74, 6) is 0.372. The molecule has 9 heteroatoms. The Balaban J connectivity index is 1.82. The number of nitrogens with one attached hydrogen (secondary N) is 1. The van der Waals surface area contributed by atoms with E-state index in [0.29, 0.717) is 36.2 Å². The molecule has 1 aliphatic carbocycles. The molecule has 1 aromatic carbocycles. The third-order valence-corrected chi connectivity index (χ3v) is 6.93. The van der Waals surface area contributed by atoms with Crippen LogP contribution in [0.25, 0.3) is 0 Å². The summed E-state index contributed by atoms with van der Waals surface area (Å²) in [6.07, 6.45) is 10.7. The first-order valence-corrected chi connectivity index (χ1v) is 12.4. The van der Waals surface area contributed by atoms with Crippen molar-refractivity contribution in [3.63, 3.8) is 0 Å². The third kappa shape index (κ3) is 6.27. The smallest absolute Gasteiger partial charge is 0.233 e. The molecule has 1 N–H and O–H groups in total. The van der Waals surface area contributed by atoms with Gasteiger partial charge in [0, 0.05) is 6.26 Å². The summed E-state index contributed by atoms with van der Waals surface area (Å²) >= 11 is 6.24. The molecule has 1 atom stereocenters. The van der Waals surface area contributed by atoms with Gasteiger partial charge in [0.1, 0.15) is 6.61 Å². The van der Waals surface area contributed by atoms with Crippen LogP contribution in [-0.4, -0.2) is 37.2 Å². The number of hydrogen-bond acceptors (Lipinski definition) is 6. The number of sulfone groups is 1. The molecular weight excluding hydrogens is 438 g/mol. The molecule has 7 nitrogen and oxygen atoms in total. The molecule has 31 heavy (non-hydrogen) atoms. The summed E-state index contributed by atoms with van der Waals surface area (Å²) in [6, 6.07) is 4.71. The zero-order valence-electron chi connectivity index (χ0n) is 17.4. The summed E-state index contributed by atoms with van der Waals surface area (Å²) < 4.78 is 29.1. The molecule has 1 heterocycles. The number of benzene rings is 1. The number of nitrogens with zero attached hydrogens (tertiary/aromatic N) is 2. The first kappa shape index (κ1) is 23.2. The average Bonchev–Trinajstić information content (AvgIpc) is 3.23. The number of carbonyl (C=O) groups is 1. The van der Waals surface area contributed by atoms with Gasteiger partial charge >= 0.3 is 0 Å². The molecule has 1 amide bonds. The minimum absolute atomic E-state index is 0.0546. The van der Waals surface area contributed by atoms with E-state index in [9.17, 15) is 13.2 Å². The van der Waals surface area contributed by atoms with E-state index in [2.05, 4.69) is 21.9 Å². The van der Waals surface area contributed by atoms with Gasteiger partial charge < -0.3 is 10.1 Å². The number of hydrogen-bond donors (Lipinski definition) is 1. The van der Waals surface area contributed by atoms with Gasteiger partial charge in [0.25, 0.3) is 0 Å². The Kier molecular flexibility index (Phi) is 7.67. The van der Waals surface area contributed by atoms with Gasteiger partial charge in [-0.3, -0.25) is 4.79 Å². The summed E-state index contributed by atoms with van der Waals surface area (Å²) in [4.78, 5) is 21.5. The molecule has 0 spiro atoms. The van der Waals surface area contributed by atoms with Gasteiger partial charge in [-0.15, -0.1) is 0 Å². The Morgan fingerprint density at radius 2 is 2.06 bits per heavy atom. The van der Waals surface area contributed by atoms with Gasteiger partial charge in [-0.25, -0.2) is 18.4 Å². The quantitative estimate of drug-likeness (QED) is 0.553. The number of ether oxygens (including phenoxy) is 1. The molecule has 1 fully saturated rings. The van der Waals surface area contributed by atoms with Crippen LogP contribution in [0.1, 0.15) is 43.6 Å². The van der Waals surface area contributed by atoms with Gasteiger partial charge in [0.2, 0.25) is 11.8 Å². The Morgan fingerprint density at radius 3 is 2.65 bits per heavy atom. The maximum Gasteiger partial charge on any atom is 0.233 e. The Labute approximate surface area is 187 Å². The number of anilines is 1. The largest absolute Gasteiger partial charge is 0.472 e. The average molecular weight is 464 g/mol. The van der Waals surface area contributed by atoms with Crippen LogP contribution in [0.15, 0.2) is 48.1 Å². The van der Waals surface area contributed by atoms with E-state index in [0.717, 1.165) is 31.9 Å². The predicted octanol–water partition coefficient (Wildman–Crippen LogP) is 4.40. The monoisotopic (exact) mass is 463 g/mol. The van der Waals surface area contributed by atoms with Gasteiger partial charge in [-0.2, -0.15) is 0 Å². The Hall–Kier alpha value is -2.45. The van der Waals surface area contributed by atoms with Crippen molar-refractivity contribution in [2.75, 3.05) is 18.2 Å². The second-order valence-corrected chi connectivity index (χ2v) is 10.1. The normalized spacial score (nSPS) is 15.4. The summed E-state index contributed by atoms with van der Waals surface area (Å²) in [5, 5.41) is 2.93. The SMILES string of the molecule is C=CCOc1cnc(NC(=O)C(CC2CCCC2)c2ccc(S(C)(=O)=O)c(Cl)c2)cn1. The zero-order valence-corrected chi connectivity index (χ0v) is 19.0.